The normalized spacial score (nSPS) is 10.8. The molecule has 0 aliphatic rings. The van der Waals surface area contributed by atoms with Gasteiger partial charge in [-0.15, -0.1) is 0 Å². The standard InChI is InChI=1S/C21H19IN2O4/c1-13-4-6-18(14(2)8-13)24-21(26)16(11-23)9-15-5-7-19(17(22)10-15)28-12-20(25)27-3/h4-10H,12H2,1-3H3,(H,24,26)/b16-9+. The average Bonchev–Trinajstić information content (AvgIpc) is 2.67. The lowest BCUT2D eigenvalue weighted by Gasteiger charge is -2.09. The predicted octanol–water partition coefficient (Wildman–Crippen LogP) is 4.01. The Hall–Kier alpha value is -2.86. The van der Waals surface area contributed by atoms with Crippen molar-refractivity contribution in [3.8, 4) is 11.8 Å². The maximum atomic E-state index is 12.5. The first kappa shape index (κ1) is 21.4. The molecule has 0 spiro atoms. The van der Waals surface area contributed by atoms with Crippen LogP contribution in [0, 0.1) is 28.7 Å². The molecule has 6 nitrogen and oxygen atoms in total. The van der Waals surface area contributed by atoms with Crippen LogP contribution in [0.2, 0.25) is 0 Å². The van der Waals surface area contributed by atoms with Gasteiger partial charge in [-0.25, -0.2) is 4.79 Å². The Bertz CT molecular complexity index is 977. The number of carbonyl (C=O) groups excluding carboxylic acids is 2. The number of aryl methyl sites for hydroxylation is 2. The van der Waals surface area contributed by atoms with E-state index in [0.717, 1.165) is 14.7 Å². The zero-order chi connectivity index (χ0) is 20.7. The van der Waals surface area contributed by atoms with Gasteiger partial charge in [-0.3, -0.25) is 4.79 Å². The first-order valence-electron chi connectivity index (χ1n) is 8.33. The van der Waals surface area contributed by atoms with E-state index in [1.165, 1.54) is 13.2 Å². The highest BCUT2D eigenvalue weighted by Gasteiger charge is 2.12. The monoisotopic (exact) mass is 490 g/mol. The van der Waals surface area contributed by atoms with Crippen LogP contribution in [-0.2, 0) is 14.3 Å². The van der Waals surface area contributed by atoms with Crippen LogP contribution in [-0.4, -0.2) is 25.6 Å². The van der Waals surface area contributed by atoms with Crippen molar-refractivity contribution in [2.24, 2.45) is 0 Å². The second-order valence-electron chi connectivity index (χ2n) is 6.00. The van der Waals surface area contributed by atoms with Crippen LogP contribution in [0.15, 0.2) is 42.0 Å². The van der Waals surface area contributed by atoms with Crippen LogP contribution in [0.25, 0.3) is 6.08 Å². The van der Waals surface area contributed by atoms with Gasteiger partial charge in [-0.05, 0) is 71.8 Å². The highest BCUT2D eigenvalue weighted by molar-refractivity contribution is 14.1. The number of methoxy groups -OCH3 is 1. The second-order valence-corrected chi connectivity index (χ2v) is 7.16. The molecule has 0 aromatic heterocycles. The van der Waals surface area contributed by atoms with E-state index in [9.17, 15) is 14.9 Å². The average molecular weight is 490 g/mol. The van der Waals surface area contributed by atoms with E-state index in [1.54, 1.807) is 18.2 Å². The van der Waals surface area contributed by atoms with Crippen LogP contribution < -0.4 is 10.1 Å². The Kier molecular flexibility index (Phi) is 7.58. The summed E-state index contributed by atoms with van der Waals surface area (Å²) in [4.78, 5) is 23.6. The van der Waals surface area contributed by atoms with Gasteiger partial charge < -0.3 is 14.8 Å². The molecule has 1 amide bonds. The van der Waals surface area contributed by atoms with Gasteiger partial charge in [0.25, 0.3) is 5.91 Å². The third-order valence-electron chi connectivity index (χ3n) is 3.84. The summed E-state index contributed by atoms with van der Waals surface area (Å²) in [7, 11) is 1.29. The molecule has 2 aromatic carbocycles. The topological polar surface area (TPSA) is 88.4 Å². The van der Waals surface area contributed by atoms with E-state index in [2.05, 4.69) is 32.6 Å². The Morgan fingerprint density at radius 2 is 1.96 bits per heavy atom. The number of hydrogen-bond acceptors (Lipinski definition) is 5. The van der Waals surface area contributed by atoms with Crippen molar-refractivity contribution in [1.29, 1.82) is 5.26 Å². The van der Waals surface area contributed by atoms with Gasteiger partial charge in [-0.1, -0.05) is 23.8 Å². The number of ether oxygens (including phenoxy) is 2. The van der Waals surface area contributed by atoms with Crippen molar-refractivity contribution in [3.63, 3.8) is 0 Å². The predicted molar refractivity (Wildman–Crippen MR) is 115 cm³/mol. The van der Waals surface area contributed by atoms with E-state index in [0.29, 0.717) is 17.0 Å². The summed E-state index contributed by atoms with van der Waals surface area (Å²) >= 11 is 2.06. The zero-order valence-electron chi connectivity index (χ0n) is 15.7. The molecule has 28 heavy (non-hydrogen) atoms. The number of anilines is 1. The zero-order valence-corrected chi connectivity index (χ0v) is 17.9. The summed E-state index contributed by atoms with van der Waals surface area (Å²) in [6, 6.07) is 12.7. The molecule has 1 N–H and O–H groups in total. The Labute approximate surface area is 177 Å². The summed E-state index contributed by atoms with van der Waals surface area (Å²) in [5.41, 5.74) is 3.34. The highest BCUT2D eigenvalue weighted by Crippen LogP contribution is 2.24. The number of nitrogens with one attached hydrogen (secondary N) is 1. The molecular formula is C21H19IN2O4. The van der Waals surface area contributed by atoms with Gasteiger partial charge in [0.2, 0.25) is 0 Å². The van der Waals surface area contributed by atoms with Crippen molar-refractivity contribution in [3.05, 3.63) is 62.2 Å². The smallest absolute Gasteiger partial charge is 0.343 e. The summed E-state index contributed by atoms with van der Waals surface area (Å²) < 4.78 is 10.7. The minimum absolute atomic E-state index is 0.0148. The SMILES string of the molecule is COC(=O)COc1ccc(/C=C(\C#N)C(=O)Nc2ccc(C)cc2C)cc1I. The lowest BCUT2D eigenvalue weighted by Crippen LogP contribution is -2.14. The summed E-state index contributed by atoms with van der Waals surface area (Å²) in [6.07, 6.45) is 1.51. The third kappa shape index (κ3) is 5.82. The van der Waals surface area contributed by atoms with Gasteiger partial charge in [-0.2, -0.15) is 5.26 Å². The molecule has 0 saturated heterocycles. The van der Waals surface area contributed by atoms with Crippen LogP contribution in [0.4, 0.5) is 5.69 Å². The second kappa shape index (κ2) is 9.90. The number of nitrogens with zero attached hydrogens (tertiary/aromatic N) is 1. The van der Waals surface area contributed by atoms with E-state index in [4.69, 9.17) is 4.74 Å². The number of amides is 1. The van der Waals surface area contributed by atoms with E-state index in [-0.39, 0.29) is 12.2 Å². The summed E-state index contributed by atoms with van der Waals surface area (Å²) in [5.74, 6) is -0.438. The summed E-state index contributed by atoms with van der Waals surface area (Å²) in [6.45, 7) is 3.68. The van der Waals surface area contributed by atoms with Crippen molar-refractivity contribution < 1.29 is 19.1 Å². The Morgan fingerprint density at radius 3 is 2.57 bits per heavy atom. The number of benzene rings is 2. The minimum atomic E-state index is -0.477. The maximum Gasteiger partial charge on any atom is 0.343 e. The Morgan fingerprint density at radius 1 is 1.21 bits per heavy atom. The molecule has 0 radical (unpaired) electrons. The third-order valence-corrected chi connectivity index (χ3v) is 4.68. The first-order chi connectivity index (χ1) is 13.3. The largest absolute Gasteiger partial charge is 0.481 e. The molecule has 0 fully saturated rings. The number of rotatable bonds is 6. The van der Waals surface area contributed by atoms with Crippen molar-refractivity contribution >= 4 is 46.2 Å². The molecule has 0 unspecified atom stereocenters. The van der Waals surface area contributed by atoms with Crippen LogP contribution in [0.5, 0.6) is 5.75 Å². The molecule has 0 atom stereocenters. The molecule has 2 aromatic rings. The van der Waals surface area contributed by atoms with Crippen molar-refractivity contribution in [2.75, 3.05) is 19.0 Å². The van der Waals surface area contributed by atoms with E-state index in [1.807, 2.05) is 38.1 Å². The number of nitriles is 1. The number of esters is 1. The number of halogens is 1. The van der Waals surface area contributed by atoms with E-state index < -0.39 is 11.9 Å². The molecule has 0 saturated carbocycles. The quantitative estimate of drug-likeness (QED) is 0.286. The number of carbonyl (C=O) groups is 2. The molecule has 7 heteroatoms. The molecule has 144 valence electrons. The van der Waals surface area contributed by atoms with Crippen LogP contribution in [0.3, 0.4) is 0 Å². The van der Waals surface area contributed by atoms with Crippen molar-refractivity contribution in [2.45, 2.75) is 13.8 Å². The summed E-state index contributed by atoms with van der Waals surface area (Å²) in [5, 5.41) is 12.2. The molecule has 2 rings (SSSR count). The number of hydrogen-bond donors (Lipinski definition) is 1. The maximum absolute atomic E-state index is 12.5. The molecule has 0 aliphatic heterocycles. The lowest BCUT2D eigenvalue weighted by atomic mass is 10.1. The van der Waals surface area contributed by atoms with Gasteiger partial charge in [0.15, 0.2) is 6.61 Å². The van der Waals surface area contributed by atoms with Gasteiger partial charge in [0.05, 0.1) is 10.7 Å². The fourth-order valence-corrected chi connectivity index (χ4v) is 3.07. The highest BCUT2D eigenvalue weighted by atomic mass is 127. The molecule has 0 aliphatic carbocycles. The fourth-order valence-electron chi connectivity index (χ4n) is 2.38. The fraction of sp³-hybridized carbons (Fsp3) is 0.190. The molecule has 0 heterocycles. The van der Waals surface area contributed by atoms with E-state index >= 15 is 0 Å². The lowest BCUT2D eigenvalue weighted by molar-refractivity contribution is -0.142. The van der Waals surface area contributed by atoms with Gasteiger partial charge in [0, 0.05) is 5.69 Å². The Balaban J connectivity index is 2.17. The molecule has 0 bridgehead atoms. The van der Waals surface area contributed by atoms with Crippen LogP contribution >= 0.6 is 22.6 Å². The van der Waals surface area contributed by atoms with Gasteiger partial charge >= 0.3 is 5.97 Å². The molecular weight excluding hydrogens is 471 g/mol. The van der Waals surface area contributed by atoms with Crippen LogP contribution in [0.1, 0.15) is 16.7 Å². The first-order valence-corrected chi connectivity index (χ1v) is 9.41. The minimum Gasteiger partial charge on any atom is -0.481 e. The van der Waals surface area contributed by atoms with Crippen molar-refractivity contribution in [1.82, 2.24) is 0 Å². The van der Waals surface area contributed by atoms with Gasteiger partial charge in [0.1, 0.15) is 17.4 Å².